The van der Waals surface area contributed by atoms with Crippen LogP contribution in [0.1, 0.15) is 5.56 Å². The lowest BCUT2D eigenvalue weighted by atomic mass is 9.99. The first kappa shape index (κ1) is 16.7. The molecule has 2 aromatic carbocycles. The molecule has 0 unspecified atom stereocenters. The molecule has 4 nitrogen and oxygen atoms in total. The van der Waals surface area contributed by atoms with Crippen LogP contribution < -0.4 is 5.73 Å². The Morgan fingerprint density at radius 2 is 1.52 bits per heavy atom. The van der Waals surface area contributed by atoms with E-state index in [4.69, 9.17) is 5.73 Å². The lowest BCUT2D eigenvalue weighted by Gasteiger charge is -2.11. The molecule has 1 aromatic heterocycles. The van der Waals surface area contributed by atoms with Crippen LogP contribution in [0.2, 0.25) is 0 Å². The predicted molar refractivity (Wildman–Crippen MR) is 83.9 cm³/mol. The van der Waals surface area contributed by atoms with E-state index in [1.165, 1.54) is 36.7 Å². The molecule has 8 heteroatoms. The molecule has 3 rings (SSSR count). The summed E-state index contributed by atoms with van der Waals surface area (Å²) in [6.45, 7) is 0. The van der Waals surface area contributed by atoms with E-state index in [0.29, 0.717) is 0 Å². The molecule has 0 amide bonds. The standard InChI is InChI=1S/C17H11F4N3O/c18-15-12(13-7-24-14(22)8-23-13)6-5-11(16(15)25)9-1-3-10(4-2-9)17(19,20)21/h1-8,25H,(H2,22,24). The van der Waals surface area contributed by atoms with E-state index in [1.807, 2.05) is 0 Å². The molecule has 0 aliphatic heterocycles. The summed E-state index contributed by atoms with van der Waals surface area (Å²) in [5, 5.41) is 10.1. The predicted octanol–water partition coefficient (Wildman–Crippen LogP) is 4.26. The number of nitrogen functional groups attached to an aromatic ring is 1. The summed E-state index contributed by atoms with van der Waals surface area (Å²) in [4.78, 5) is 7.73. The highest BCUT2D eigenvalue weighted by Crippen LogP contribution is 2.37. The summed E-state index contributed by atoms with van der Waals surface area (Å²) in [5.41, 5.74) is 5.08. The summed E-state index contributed by atoms with van der Waals surface area (Å²) in [6.07, 6.45) is -1.97. The van der Waals surface area contributed by atoms with Crippen LogP contribution >= 0.6 is 0 Å². The molecule has 0 fully saturated rings. The Labute approximate surface area is 139 Å². The van der Waals surface area contributed by atoms with Gasteiger partial charge in [0.15, 0.2) is 11.6 Å². The van der Waals surface area contributed by atoms with Crippen LogP contribution in [-0.2, 0) is 6.18 Å². The molecule has 25 heavy (non-hydrogen) atoms. The molecule has 0 aliphatic carbocycles. The van der Waals surface area contributed by atoms with E-state index < -0.39 is 23.3 Å². The Morgan fingerprint density at radius 3 is 2.08 bits per heavy atom. The Hall–Kier alpha value is -3.16. The second-order valence-electron chi connectivity index (χ2n) is 5.22. The smallest absolute Gasteiger partial charge is 0.416 e. The fraction of sp³-hybridized carbons (Fsp3) is 0.0588. The summed E-state index contributed by atoms with van der Waals surface area (Å²) in [6, 6.07) is 6.83. The van der Waals surface area contributed by atoms with E-state index in [-0.39, 0.29) is 28.2 Å². The summed E-state index contributed by atoms with van der Waals surface area (Å²) in [7, 11) is 0. The Morgan fingerprint density at radius 1 is 0.880 bits per heavy atom. The zero-order valence-corrected chi connectivity index (χ0v) is 12.5. The average Bonchev–Trinajstić information content (AvgIpc) is 2.58. The van der Waals surface area contributed by atoms with Crippen LogP contribution in [0.15, 0.2) is 48.8 Å². The monoisotopic (exact) mass is 349 g/mol. The lowest BCUT2D eigenvalue weighted by Crippen LogP contribution is -2.04. The molecular weight excluding hydrogens is 338 g/mol. The SMILES string of the molecule is Nc1cnc(-c2ccc(-c3ccc(C(F)(F)F)cc3)c(O)c2F)cn1. The second-order valence-corrected chi connectivity index (χ2v) is 5.22. The van der Waals surface area contributed by atoms with Crippen LogP contribution in [0.25, 0.3) is 22.4 Å². The number of alkyl halides is 3. The summed E-state index contributed by atoms with van der Waals surface area (Å²) < 4.78 is 52.3. The van der Waals surface area contributed by atoms with Crippen LogP contribution in [0, 0.1) is 5.82 Å². The fourth-order valence-corrected chi connectivity index (χ4v) is 2.31. The van der Waals surface area contributed by atoms with E-state index in [1.54, 1.807) is 0 Å². The quantitative estimate of drug-likeness (QED) is 0.678. The third kappa shape index (κ3) is 3.23. The molecule has 0 bridgehead atoms. The number of rotatable bonds is 2. The van der Waals surface area contributed by atoms with Crippen LogP contribution in [0.4, 0.5) is 23.4 Å². The maximum Gasteiger partial charge on any atom is 0.416 e. The van der Waals surface area contributed by atoms with Crippen LogP contribution in [0.5, 0.6) is 5.75 Å². The van der Waals surface area contributed by atoms with Gasteiger partial charge in [0.1, 0.15) is 5.82 Å². The number of halogens is 4. The van der Waals surface area contributed by atoms with Crippen molar-refractivity contribution in [3.8, 4) is 28.1 Å². The summed E-state index contributed by atoms with van der Waals surface area (Å²) in [5.74, 6) is -1.47. The van der Waals surface area contributed by atoms with Crippen molar-refractivity contribution in [3.05, 3.63) is 60.2 Å². The largest absolute Gasteiger partial charge is 0.504 e. The highest BCUT2D eigenvalue weighted by molar-refractivity contribution is 5.75. The van der Waals surface area contributed by atoms with Gasteiger partial charge in [-0.3, -0.25) is 4.98 Å². The van der Waals surface area contributed by atoms with E-state index >= 15 is 0 Å². The Kier molecular flexibility index (Phi) is 4.03. The van der Waals surface area contributed by atoms with Crippen molar-refractivity contribution in [2.45, 2.75) is 6.18 Å². The Balaban J connectivity index is 2.02. The number of phenols is 1. The number of hydrogen-bond donors (Lipinski definition) is 2. The highest BCUT2D eigenvalue weighted by atomic mass is 19.4. The van der Waals surface area contributed by atoms with Gasteiger partial charge >= 0.3 is 6.18 Å². The van der Waals surface area contributed by atoms with E-state index in [9.17, 15) is 22.7 Å². The average molecular weight is 349 g/mol. The van der Waals surface area contributed by atoms with Crippen LogP contribution in [0.3, 0.4) is 0 Å². The van der Waals surface area contributed by atoms with Crippen molar-refractivity contribution in [2.24, 2.45) is 0 Å². The third-order valence-electron chi connectivity index (χ3n) is 3.59. The van der Waals surface area contributed by atoms with Gasteiger partial charge in [0.05, 0.1) is 23.7 Å². The van der Waals surface area contributed by atoms with Gasteiger partial charge in [0.25, 0.3) is 0 Å². The van der Waals surface area contributed by atoms with Crippen molar-refractivity contribution in [1.29, 1.82) is 0 Å². The van der Waals surface area contributed by atoms with Gasteiger partial charge in [0, 0.05) is 11.1 Å². The highest BCUT2D eigenvalue weighted by Gasteiger charge is 2.30. The van der Waals surface area contributed by atoms with Gasteiger partial charge < -0.3 is 10.8 Å². The molecule has 3 N–H and O–H groups in total. The maximum absolute atomic E-state index is 14.5. The molecule has 1 heterocycles. The molecule has 0 spiro atoms. The number of nitrogens with zero attached hydrogens (tertiary/aromatic N) is 2. The first-order chi connectivity index (χ1) is 11.8. The normalized spacial score (nSPS) is 11.5. The molecule has 0 atom stereocenters. The van der Waals surface area contributed by atoms with Gasteiger partial charge in [0.2, 0.25) is 0 Å². The number of anilines is 1. The zero-order chi connectivity index (χ0) is 18.2. The Bertz CT molecular complexity index is 907. The number of hydrogen-bond acceptors (Lipinski definition) is 4. The number of benzene rings is 2. The number of aromatic hydroxyl groups is 1. The number of nitrogens with two attached hydrogens (primary N) is 1. The second kappa shape index (κ2) is 6.04. The van der Waals surface area contributed by atoms with Crippen LogP contribution in [-0.4, -0.2) is 15.1 Å². The molecular formula is C17H11F4N3O. The molecule has 0 aliphatic rings. The first-order valence-electron chi connectivity index (χ1n) is 7.04. The molecule has 0 saturated heterocycles. The number of aromatic nitrogens is 2. The molecule has 0 saturated carbocycles. The van der Waals surface area contributed by atoms with Crippen molar-refractivity contribution < 1.29 is 22.7 Å². The van der Waals surface area contributed by atoms with E-state index in [2.05, 4.69) is 9.97 Å². The first-order valence-corrected chi connectivity index (χ1v) is 7.04. The topological polar surface area (TPSA) is 72.0 Å². The molecule has 0 radical (unpaired) electrons. The minimum Gasteiger partial charge on any atom is -0.504 e. The van der Waals surface area contributed by atoms with Crippen molar-refractivity contribution >= 4 is 5.82 Å². The zero-order valence-electron chi connectivity index (χ0n) is 12.5. The van der Waals surface area contributed by atoms with Gasteiger partial charge in [-0.25, -0.2) is 9.37 Å². The van der Waals surface area contributed by atoms with Gasteiger partial charge in [-0.15, -0.1) is 0 Å². The minimum atomic E-state index is -4.47. The van der Waals surface area contributed by atoms with Gasteiger partial charge in [-0.05, 0) is 29.8 Å². The maximum atomic E-state index is 14.5. The summed E-state index contributed by atoms with van der Waals surface area (Å²) >= 11 is 0. The number of phenolic OH excluding ortho intramolecular Hbond substituents is 1. The fourth-order valence-electron chi connectivity index (χ4n) is 2.31. The van der Waals surface area contributed by atoms with Crippen molar-refractivity contribution in [1.82, 2.24) is 9.97 Å². The molecule has 128 valence electrons. The minimum absolute atomic E-state index is 0.000613. The molecule has 3 aromatic rings. The van der Waals surface area contributed by atoms with Gasteiger partial charge in [-0.2, -0.15) is 13.2 Å². The third-order valence-corrected chi connectivity index (χ3v) is 3.59. The lowest BCUT2D eigenvalue weighted by molar-refractivity contribution is -0.137. The van der Waals surface area contributed by atoms with E-state index in [0.717, 1.165) is 12.1 Å². The van der Waals surface area contributed by atoms with Crippen molar-refractivity contribution in [3.63, 3.8) is 0 Å². The van der Waals surface area contributed by atoms with Crippen molar-refractivity contribution in [2.75, 3.05) is 5.73 Å². The van der Waals surface area contributed by atoms with Gasteiger partial charge in [-0.1, -0.05) is 12.1 Å².